The second-order valence-corrected chi connectivity index (χ2v) is 12.8. The molecule has 0 amide bonds. The van der Waals surface area contributed by atoms with Crippen molar-refractivity contribution >= 4 is 143 Å². The van der Waals surface area contributed by atoms with E-state index in [9.17, 15) is 20.1 Å². The first-order valence-electron chi connectivity index (χ1n) is 8.57. The van der Waals surface area contributed by atoms with Crippen LogP contribution in [-0.2, 0) is 0 Å². The van der Waals surface area contributed by atoms with Crippen molar-refractivity contribution in [3.63, 3.8) is 0 Å². The van der Waals surface area contributed by atoms with Gasteiger partial charge in [0.05, 0.1) is 39.9 Å². The van der Waals surface area contributed by atoms with Crippen LogP contribution >= 0.6 is 137 Å². The highest BCUT2D eigenvalue weighted by Crippen LogP contribution is 2.57. The molecule has 3 aromatic rings. The monoisotopic (exact) mass is 974 g/mol. The molecule has 0 saturated heterocycles. The number of aromatic carboxylic acids is 1. The molecular formula is C20H6Cl4I4O5. The molecule has 13 heteroatoms. The summed E-state index contributed by atoms with van der Waals surface area (Å²) in [5.41, 5.74) is 0.926. The quantitative estimate of drug-likeness (QED) is 0.106. The molecule has 1 aliphatic heterocycles. The maximum Gasteiger partial charge on any atom is 0.337 e. The molecule has 0 fully saturated rings. The van der Waals surface area contributed by atoms with Crippen LogP contribution in [0.15, 0.2) is 12.1 Å². The average Bonchev–Trinajstić information content (AvgIpc) is 2.76. The molecule has 3 aromatic carbocycles. The fourth-order valence-electron chi connectivity index (χ4n) is 3.56. The van der Waals surface area contributed by atoms with Crippen molar-refractivity contribution in [3.8, 4) is 23.0 Å². The van der Waals surface area contributed by atoms with Gasteiger partial charge >= 0.3 is 5.97 Å². The number of carboxylic acid groups (broad SMARTS) is 1. The Hall–Kier alpha value is 0.610. The van der Waals surface area contributed by atoms with E-state index in [4.69, 9.17) is 51.1 Å². The molecule has 1 heterocycles. The van der Waals surface area contributed by atoms with Gasteiger partial charge < -0.3 is 20.1 Å². The second kappa shape index (κ2) is 9.82. The molecule has 5 nitrogen and oxygen atoms in total. The molecule has 0 saturated carbocycles. The van der Waals surface area contributed by atoms with Gasteiger partial charge in [0.15, 0.2) is 0 Å². The first kappa shape index (κ1) is 26.7. The van der Waals surface area contributed by atoms with Crippen molar-refractivity contribution in [1.82, 2.24) is 0 Å². The van der Waals surface area contributed by atoms with Gasteiger partial charge in [-0.2, -0.15) is 0 Å². The van der Waals surface area contributed by atoms with Crippen LogP contribution in [0.2, 0.25) is 20.1 Å². The highest BCUT2D eigenvalue weighted by atomic mass is 127. The van der Waals surface area contributed by atoms with Gasteiger partial charge in [-0.25, -0.2) is 4.79 Å². The Morgan fingerprint density at radius 2 is 1.21 bits per heavy atom. The van der Waals surface area contributed by atoms with Crippen LogP contribution in [0.25, 0.3) is 0 Å². The summed E-state index contributed by atoms with van der Waals surface area (Å²) in [5, 5.41) is 30.6. The van der Waals surface area contributed by atoms with Gasteiger partial charge in [-0.15, -0.1) is 0 Å². The van der Waals surface area contributed by atoms with Crippen molar-refractivity contribution in [2.24, 2.45) is 0 Å². The maximum atomic E-state index is 12.3. The third-order valence-corrected chi connectivity index (χ3v) is 10.5. The SMILES string of the molecule is O=C(O)c1c(Cl)c(Cl)c(Cl)c(Cl)c1C1c2cc(I)c(O)c(I)c2Oc2c1cc(I)c(O)c2I. The summed E-state index contributed by atoms with van der Waals surface area (Å²) < 4.78 is 8.04. The first-order chi connectivity index (χ1) is 15.4. The lowest BCUT2D eigenvalue weighted by molar-refractivity contribution is 0.0695. The molecule has 0 aliphatic carbocycles. The van der Waals surface area contributed by atoms with E-state index in [2.05, 4.69) is 0 Å². The van der Waals surface area contributed by atoms with E-state index in [1.54, 1.807) is 12.1 Å². The van der Waals surface area contributed by atoms with Gasteiger partial charge in [0.2, 0.25) is 0 Å². The molecule has 33 heavy (non-hydrogen) atoms. The summed E-state index contributed by atoms with van der Waals surface area (Å²) in [6, 6.07) is 3.37. The minimum Gasteiger partial charge on any atom is -0.506 e. The Balaban J connectivity index is 2.24. The normalized spacial score (nSPS) is 12.8. The van der Waals surface area contributed by atoms with Crippen LogP contribution in [-0.4, -0.2) is 21.3 Å². The van der Waals surface area contributed by atoms with Crippen molar-refractivity contribution in [2.45, 2.75) is 5.92 Å². The highest BCUT2D eigenvalue weighted by molar-refractivity contribution is 14.1. The maximum absolute atomic E-state index is 12.3. The van der Waals surface area contributed by atoms with Crippen LogP contribution in [0.1, 0.15) is 33.0 Å². The van der Waals surface area contributed by atoms with Crippen LogP contribution in [0.5, 0.6) is 23.0 Å². The van der Waals surface area contributed by atoms with E-state index in [1.807, 2.05) is 90.4 Å². The van der Waals surface area contributed by atoms with Gasteiger partial charge in [0, 0.05) is 22.6 Å². The number of hydrogen-bond acceptors (Lipinski definition) is 4. The molecule has 0 spiro atoms. The molecule has 0 radical (unpaired) electrons. The number of rotatable bonds is 2. The zero-order valence-corrected chi connectivity index (χ0v) is 27.1. The number of carboxylic acids is 1. The Kier molecular flexibility index (Phi) is 7.93. The van der Waals surface area contributed by atoms with Crippen molar-refractivity contribution in [3.05, 3.63) is 68.8 Å². The summed E-state index contributed by atoms with van der Waals surface area (Å²) in [6.45, 7) is 0. The molecule has 0 bridgehead atoms. The van der Waals surface area contributed by atoms with Crippen molar-refractivity contribution < 1.29 is 24.9 Å². The second-order valence-electron chi connectivity index (χ2n) is 6.76. The smallest absolute Gasteiger partial charge is 0.337 e. The van der Waals surface area contributed by atoms with E-state index in [-0.39, 0.29) is 42.7 Å². The topological polar surface area (TPSA) is 87.0 Å². The van der Waals surface area contributed by atoms with E-state index in [0.717, 1.165) is 0 Å². The Morgan fingerprint density at radius 1 is 0.788 bits per heavy atom. The number of hydrogen-bond donors (Lipinski definition) is 3. The molecule has 1 aliphatic rings. The van der Waals surface area contributed by atoms with Crippen LogP contribution in [0.3, 0.4) is 0 Å². The highest BCUT2D eigenvalue weighted by Gasteiger charge is 2.39. The van der Waals surface area contributed by atoms with Gasteiger partial charge in [-0.1, -0.05) is 46.4 Å². The van der Waals surface area contributed by atoms with Gasteiger partial charge in [0.25, 0.3) is 0 Å². The lowest BCUT2D eigenvalue weighted by atomic mass is 9.80. The molecular weight excluding hydrogens is 970 g/mol. The first-order valence-corrected chi connectivity index (χ1v) is 14.4. The summed E-state index contributed by atoms with van der Waals surface area (Å²) in [7, 11) is 0. The largest absolute Gasteiger partial charge is 0.506 e. The number of ether oxygens (including phenoxy) is 1. The van der Waals surface area contributed by atoms with E-state index in [1.165, 1.54) is 0 Å². The summed E-state index contributed by atoms with van der Waals surface area (Å²) in [4.78, 5) is 12.3. The number of phenolic OH excluding ortho intramolecular Hbond substituents is 2. The minimum absolute atomic E-state index is 0.0126. The summed E-state index contributed by atoms with van der Waals surface area (Å²) in [6.07, 6.45) is 0. The Labute approximate surface area is 261 Å². The van der Waals surface area contributed by atoms with Crippen LogP contribution in [0.4, 0.5) is 0 Å². The van der Waals surface area contributed by atoms with Crippen molar-refractivity contribution in [1.29, 1.82) is 0 Å². The fourth-order valence-corrected chi connectivity index (χ4v) is 8.29. The van der Waals surface area contributed by atoms with Crippen LogP contribution < -0.4 is 4.74 Å². The zero-order valence-electron chi connectivity index (χ0n) is 15.4. The number of phenols is 2. The van der Waals surface area contributed by atoms with E-state index >= 15 is 0 Å². The molecule has 4 rings (SSSR count). The van der Waals surface area contributed by atoms with Crippen LogP contribution in [0, 0.1) is 14.3 Å². The molecule has 0 unspecified atom stereocenters. The van der Waals surface area contributed by atoms with Gasteiger partial charge in [0.1, 0.15) is 23.0 Å². The predicted molar refractivity (Wildman–Crippen MR) is 162 cm³/mol. The van der Waals surface area contributed by atoms with Gasteiger partial charge in [-0.05, 0) is 102 Å². The Morgan fingerprint density at radius 3 is 1.64 bits per heavy atom. The average molecular weight is 976 g/mol. The number of benzene rings is 3. The third-order valence-electron chi connectivity index (χ3n) is 4.99. The number of halogens is 8. The number of carbonyl (C=O) groups is 1. The van der Waals surface area contributed by atoms with Crippen molar-refractivity contribution in [2.75, 3.05) is 0 Å². The van der Waals surface area contributed by atoms with Gasteiger partial charge in [-0.3, -0.25) is 0 Å². The minimum atomic E-state index is -1.34. The predicted octanol–water partition coefficient (Wildman–Crippen LogP) is 9.11. The molecule has 3 N–H and O–H groups in total. The third kappa shape index (κ3) is 4.27. The lowest BCUT2D eigenvalue weighted by Gasteiger charge is -2.32. The molecule has 172 valence electrons. The Bertz CT molecular complexity index is 1330. The van der Waals surface area contributed by atoms with E-state index < -0.39 is 11.9 Å². The lowest BCUT2D eigenvalue weighted by Crippen LogP contribution is -2.18. The van der Waals surface area contributed by atoms with E-state index in [0.29, 0.717) is 36.9 Å². The molecule has 0 atom stereocenters. The number of fused-ring (bicyclic) bond motifs is 2. The standard InChI is InChI=1S/C20H6Cl4I4O5/c21-10-8(9(20(31)32)11(22)13(24)12(10)23)7-3-1-5(25)16(29)14(27)18(3)33-19-4(7)2-6(26)17(30)15(19)28/h1-2,7,29-30H,(H,31,32). The summed E-state index contributed by atoms with van der Waals surface area (Å²) >= 11 is 33.4. The zero-order chi connectivity index (χ0) is 24.5. The summed E-state index contributed by atoms with van der Waals surface area (Å²) in [5.74, 6) is -1.51. The fraction of sp³-hybridized carbons (Fsp3) is 0.0500. The molecule has 0 aromatic heterocycles. The number of aromatic hydroxyl groups is 2.